The van der Waals surface area contributed by atoms with Gasteiger partial charge in [-0.15, -0.1) is 0 Å². The average molecular weight is 396 g/mol. The van der Waals surface area contributed by atoms with Gasteiger partial charge in [-0.2, -0.15) is 0 Å². The molecule has 6 nitrogen and oxygen atoms in total. The van der Waals surface area contributed by atoms with Gasteiger partial charge in [0.25, 0.3) is 5.91 Å². The average Bonchev–Trinajstić information content (AvgIpc) is 2.97. The Bertz CT molecular complexity index is 810. The van der Waals surface area contributed by atoms with Crippen LogP contribution < -0.4 is 10.1 Å². The molecule has 0 radical (unpaired) electrons. The Balaban J connectivity index is 1.37. The van der Waals surface area contributed by atoms with E-state index in [9.17, 15) is 9.59 Å². The van der Waals surface area contributed by atoms with Crippen LogP contribution in [0.5, 0.6) is 5.75 Å². The summed E-state index contributed by atoms with van der Waals surface area (Å²) in [5.41, 5.74) is 1.86. The van der Waals surface area contributed by atoms with Gasteiger partial charge in [0.05, 0.1) is 13.1 Å². The van der Waals surface area contributed by atoms with Gasteiger partial charge in [-0.05, 0) is 43.2 Å². The van der Waals surface area contributed by atoms with Crippen molar-refractivity contribution in [2.75, 3.05) is 45.9 Å². The largest absolute Gasteiger partial charge is 0.492 e. The van der Waals surface area contributed by atoms with Crippen LogP contribution in [0.3, 0.4) is 0 Å². The smallest absolute Gasteiger partial charge is 0.253 e. The van der Waals surface area contributed by atoms with Crippen molar-refractivity contribution >= 4 is 11.8 Å². The molecule has 0 spiro atoms. The minimum Gasteiger partial charge on any atom is -0.492 e. The molecule has 0 bridgehead atoms. The fraction of sp³-hybridized carbons (Fsp3) is 0.391. The molecule has 0 unspecified atom stereocenters. The molecule has 1 aliphatic rings. The number of benzene rings is 2. The molecule has 1 fully saturated rings. The molecule has 2 aromatic rings. The lowest BCUT2D eigenvalue weighted by Gasteiger charge is -2.22. The standard InChI is InChI=1S/C23H29N3O3/c1-19-7-5-10-21(17-19)29-16-11-24-22(27)18-25-12-6-13-26(15-14-25)23(28)20-8-3-2-4-9-20/h2-5,7-10,17H,6,11-16,18H2,1H3,(H,24,27). The van der Waals surface area contributed by atoms with Crippen LogP contribution in [0.4, 0.5) is 0 Å². The van der Waals surface area contributed by atoms with E-state index in [4.69, 9.17) is 4.74 Å². The molecule has 1 saturated heterocycles. The van der Waals surface area contributed by atoms with Crippen molar-refractivity contribution in [1.82, 2.24) is 15.1 Å². The van der Waals surface area contributed by atoms with Crippen molar-refractivity contribution < 1.29 is 14.3 Å². The maximum Gasteiger partial charge on any atom is 0.253 e. The van der Waals surface area contributed by atoms with Crippen LogP contribution in [0.2, 0.25) is 0 Å². The third-order valence-electron chi connectivity index (χ3n) is 4.95. The summed E-state index contributed by atoms with van der Waals surface area (Å²) in [4.78, 5) is 28.8. The van der Waals surface area contributed by atoms with Gasteiger partial charge in [0.2, 0.25) is 5.91 Å². The van der Waals surface area contributed by atoms with Gasteiger partial charge >= 0.3 is 0 Å². The van der Waals surface area contributed by atoms with E-state index in [2.05, 4.69) is 10.2 Å². The van der Waals surface area contributed by atoms with Crippen molar-refractivity contribution in [2.24, 2.45) is 0 Å². The van der Waals surface area contributed by atoms with Gasteiger partial charge in [0.15, 0.2) is 0 Å². The maximum atomic E-state index is 12.6. The minimum absolute atomic E-state index is 0.0133. The van der Waals surface area contributed by atoms with Gasteiger partial charge in [0.1, 0.15) is 12.4 Å². The molecular formula is C23H29N3O3. The van der Waals surface area contributed by atoms with Crippen LogP contribution in [0.15, 0.2) is 54.6 Å². The lowest BCUT2D eigenvalue weighted by molar-refractivity contribution is -0.122. The zero-order chi connectivity index (χ0) is 20.5. The molecule has 2 amide bonds. The predicted molar refractivity (Wildman–Crippen MR) is 113 cm³/mol. The summed E-state index contributed by atoms with van der Waals surface area (Å²) in [7, 11) is 0. The molecule has 1 aliphatic heterocycles. The van der Waals surface area contributed by atoms with Crippen LogP contribution in [-0.2, 0) is 4.79 Å². The van der Waals surface area contributed by atoms with Crippen LogP contribution in [-0.4, -0.2) is 67.5 Å². The number of hydrogen-bond acceptors (Lipinski definition) is 4. The Morgan fingerprint density at radius 1 is 1.00 bits per heavy atom. The highest BCUT2D eigenvalue weighted by Gasteiger charge is 2.21. The van der Waals surface area contributed by atoms with E-state index in [1.54, 1.807) is 0 Å². The number of carbonyl (C=O) groups excluding carboxylic acids is 2. The monoisotopic (exact) mass is 395 g/mol. The van der Waals surface area contributed by atoms with E-state index in [-0.39, 0.29) is 11.8 Å². The minimum atomic E-state index is -0.0133. The molecule has 29 heavy (non-hydrogen) atoms. The van der Waals surface area contributed by atoms with Crippen molar-refractivity contribution in [3.63, 3.8) is 0 Å². The molecular weight excluding hydrogens is 366 g/mol. The fourth-order valence-electron chi connectivity index (χ4n) is 3.42. The van der Waals surface area contributed by atoms with Crippen LogP contribution in [0.25, 0.3) is 0 Å². The molecule has 6 heteroatoms. The molecule has 0 aliphatic carbocycles. The van der Waals surface area contributed by atoms with E-state index >= 15 is 0 Å². The van der Waals surface area contributed by atoms with Crippen LogP contribution in [0.1, 0.15) is 22.3 Å². The second kappa shape index (κ2) is 10.6. The molecule has 0 saturated carbocycles. The first kappa shape index (κ1) is 20.9. The van der Waals surface area contributed by atoms with Crippen LogP contribution >= 0.6 is 0 Å². The maximum absolute atomic E-state index is 12.6. The van der Waals surface area contributed by atoms with Gasteiger partial charge in [-0.25, -0.2) is 0 Å². The lowest BCUT2D eigenvalue weighted by Crippen LogP contribution is -2.41. The summed E-state index contributed by atoms with van der Waals surface area (Å²) < 4.78 is 5.66. The third kappa shape index (κ3) is 6.61. The highest BCUT2D eigenvalue weighted by molar-refractivity contribution is 5.94. The van der Waals surface area contributed by atoms with Crippen molar-refractivity contribution in [1.29, 1.82) is 0 Å². The Kier molecular flexibility index (Phi) is 7.64. The molecule has 1 N–H and O–H groups in total. The van der Waals surface area contributed by atoms with Crippen molar-refractivity contribution in [3.05, 3.63) is 65.7 Å². The number of nitrogens with zero attached hydrogens (tertiary/aromatic N) is 2. The van der Waals surface area contributed by atoms with Crippen LogP contribution in [0, 0.1) is 6.92 Å². The zero-order valence-corrected chi connectivity index (χ0v) is 17.0. The quantitative estimate of drug-likeness (QED) is 0.731. The summed E-state index contributed by atoms with van der Waals surface area (Å²) in [6.07, 6.45) is 0.863. The first-order valence-electron chi connectivity index (χ1n) is 10.1. The lowest BCUT2D eigenvalue weighted by atomic mass is 10.2. The highest BCUT2D eigenvalue weighted by atomic mass is 16.5. The Labute approximate surface area is 172 Å². The normalized spacial score (nSPS) is 14.9. The summed E-state index contributed by atoms with van der Waals surface area (Å²) in [6, 6.07) is 17.2. The third-order valence-corrected chi connectivity index (χ3v) is 4.95. The van der Waals surface area contributed by atoms with E-state index in [1.807, 2.05) is 66.4 Å². The summed E-state index contributed by atoms with van der Waals surface area (Å²) >= 11 is 0. The molecule has 3 rings (SSSR count). The summed E-state index contributed by atoms with van der Waals surface area (Å²) in [5, 5.41) is 2.91. The van der Waals surface area contributed by atoms with Crippen molar-refractivity contribution in [2.45, 2.75) is 13.3 Å². The summed E-state index contributed by atoms with van der Waals surface area (Å²) in [6.45, 7) is 6.14. The number of amides is 2. The number of aryl methyl sites for hydroxylation is 1. The van der Waals surface area contributed by atoms with Gasteiger partial charge in [0, 0.05) is 31.7 Å². The first-order valence-corrected chi connectivity index (χ1v) is 10.1. The molecule has 154 valence electrons. The highest BCUT2D eigenvalue weighted by Crippen LogP contribution is 2.12. The molecule has 0 aromatic heterocycles. The second-order valence-corrected chi connectivity index (χ2v) is 7.30. The van der Waals surface area contributed by atoms with Gasteiger partial charge < -0.3 is 15.0 Å². The van der Waals surface area contributed by atoms with Gasteiger partial charge in [-0.3, -0.25) is 14.5 Å². The topological polar surface area (TPSA) is 61.9 Å². The number of nitrogens with one attached hydrogen (secondary N) is 1. The number of rotatable bonds is 7. The van der Waals surface area contributed by atoms with E-state index in [0.29, 0.717) is 38.3 Å². The number of hydrogen-bond donors (Lipinski definition) is 1. The zero-order valence-electron chi connectivity index (χ0n) is 17.0. The fourth-order valence-corrected chi connectivity index (χ4v) is 3.42. The number of carbonyl (C=O) groups is 2. The molecule has 2 aromatic carbocycles. The van der Waals surface area contributed by atoms with Gasteiger partial charge in [-0.1, -0.05) is 30.3 Å². The Morgan fingerprint density at radius 3 is 2.62 bits per heavy atom. The van der Waals surface area contributed by atoms with E-state index in [1.165, 1.54) is 0 Å². The Hall–Kier alpha value is -2.86. The van der Waals surface area contributed by atoms with Crippen molar-refractivity contribution in [3.8, 4) is 5.75 Å². The molecule has 1 heterocycles. The second-order valence-electron chi connectivity index (χ2n) is 7.30. The predicted octanol–water partition coefficient (Wildman–Crippen LogP) is 2.34. The SMILES string of the molecule is Cc1cccc(OCCNC(=O)CN2CCCN(C(=O)c3ccccc3)CC2)c1. The Morgan fingerprint density at radius 2 is 1.83 bits per heavy atom. The summed E-state index contributed by atoms with van der Waals surface area (Å²) in [5.74, 6) is 0.862. The number of ether oxygens (including phenoxy) is 1. The van der Waals surface area contributed by atoms with E-state index < -0.39 is 0 Å². The first-order chi connectivity index (χ1) is 14.1. The molecule has 0 atom stereocenters. The van der Waals surface area contributed by atoms with E-state index in [0.717, 1.165) is 30.8 Å².